The molecular weight excluding hydrogens is 217 g/mol. The van der Waals surface area contributed by atoms with Crippen molar-refractivity contribution in [1.29, 1.82) is 0 Å². The summed E-state index contributed by atoms with van der Waals surface area (Å²) in [6.07, 6.45) is 1.27. The maximum absolute atomic E-state index is 13.0. The minimum atomic E-state index is -0.910. The molecule has 0 spiro atoms. The number of anilines is 1. The fourth-order valence-electron chi connectivity index (χ4n) is 1.26. The first-order valence-electron chi connectivity index (χ1n) is 4.24. The topological polar surface area (TPSA) is 95.2 Å². The largest absolute Gasteiger partial charge is 0.394 e. The van der Waals surface area contributed by atoms with Crippen molar-refractivity contribution in [2.75, 3.05) is 5.73 Å². The number of nitrogens with two attached hydrogens (primary N) is 1. The van der Waals surface area contributed by atoms with Crippen LogP contribution in [0.5, 0.6) is 0 Å². The van der Waals surface area contributed by atoms with Crippen molar-refractivity contribution in [2.45, 2.75) is 0 Å². The summed E-state index contributed by atoms with van der Waals surface area (Å²) in [5, 5.41) is 13.9. The van der Waals surface area contributed by atoms with Crippen molar-refractivity contribution in [1.82, 2.24) is 5.16 Å². The van der Waals surface area contributed by atoms with Crippen LogP contribution >= 0.6 is 0 Å². The SMILES string of the molecule is Nc1cnoc1-c1ccc(F)c([N+](=O)[O-])c1. The van der Waals surface area contributed by atoms with Crippen LogP contribution in [0.4, 0.5) is 15.8 Å². The van der Waals surface area contributed by atoms with Gasteiger partial charge in [0.15, 0.2) is 5.76 Å². The average Bonchev–Trinajstić information content (AvgIpc) is 2.65. The van der Waals surface area contributed by atoms with Gasteiger partial charge in [0.25, 0.3) is 0 Å². The normalized spacial score (nSPS) is 10.3. The van der Waals surface area contributed by atoms with Crippen LogP contribution in [0.3, 0.4) is 0 Å². The van der Waals surface area contributed by atoms with E-state index in [1.165, 1.54) is 12.3 Å². The van der Waals surface area contributed by atoms with Gasteiger partial charge in [-0.3, -0.25) is 10.1 Å². The monoisotopic (exact) mass is 223 g/mol. The molecule has 0 atom stereocenters. The van der Waals surface area contributed by atoms with E-state index in [0.717, 1.165) is 12.1 Å². The number of benzene rings is 1. The number of nitro groups is 1. The molecule has 16 heavy (non-hydrogen) atoms. The Morgan fingerprint density at radius 1 is 1.50 bits per heavy atom. The maximum atomic E-state index is 13.0. The van der Waals surface area contributed by atoms with Gasteiger partial charge in [0.1, 0.15) is 5.69 Å². The number of nitro benzene ring substituents is 1. The van der Waals surface area contributed by atoms with Crippen molar-refractivity contribution in [2.24, 2.45) is 0 Å². The number of halogens is 1. The van der Waals surface area contributed by atoms with E-state index in [2.05, 4.69) is 5.16 Å². The van der Waals surface area contributed by atoms with Gasteiger partial charge >= 0.3 is 5.69 Å². The Kier molecular flexibility index (Phi) is 2.28. The number of hydrogen-bond acceptors (Lipinski definition) is 5. The van der Waals surface area contributed by atoms with Crippen molar-refractivity contribution < 1.29 is 13.8 Å². The van der Waals surface area contributed by atoms with Crippen LogP contribution < -0.4 is 5.73 Å². The summed E-state index contributed by atoms with van der Waals surface area (Å²) in [5.74, 6) is -0.727. The van der Waals surface area contributed by atoms with Gasteiger partial charge in [-0.2, -0.15) is 4.39 Å². The molecule has 0 aliphatic carbocycles. The second kappa shape index (κ2) is 3.61. The summed E-state index contributed by atoms with van der Waals surface area (Å²) in [7, 11) is 0. The highest BCUT2D eigenvalue weighted by Crippen LogP contribution is 2.29. The zero-order valence-corrected chi connectivity index (χ0v) is 7.88. The van der Waals surface area contributed by atoms with Crippen molar-refractivity contribution in [3.8, 4) is 11.3 Å². The number of rotatable bonds is 2. The maximum Gasteiger partial charge on any atom is 0.305 e. The van der Waals surface area contributed by atoms with Gasteiger partial charge < -0.3 is 10.3 Å². The lowest BCUT2D eigenvalue weighted by Crippen LogP contribution is -1.93. The van der Waals surface area contributed by atoms with Crippen molar-refractivity contribution >= 4 is 11.4 Å². The van der Waals surface area contributed by atoms with E-state index in [-0.39, 0.29) is 11.4 Å². The van der Waals surface area contributed by atoms with Crippen LogP contribution in [0.2, 0.25) is 0 Å². The molecule has 0 bridgehead atoms. The van der Waals surface area contributed by atoms with E-state index in [1.54, 1.807) is 0 Å². The van der Waals surface area contributed by atoms with Gasteiger partial charge in [0.05, 0.1) is 11.1 Å². The van der Waals surface area contributed by atoms with Crippen LogP contribution in [-0.4, -0.2) is 10.1 Å². The molecule has 2 aromatic rings. The molecule has 1 heterocycles. The summed E-state index contributed by atoms with van der Waals surface area (Å²) in [4.78, 5) is 9.70. The Morgan fingerprint density at radius 2 is 2.25 bits per heavy atom. The molecule has 7 heteroatoms. The molecule has 1 aromatic heterocycles. The molecule has 0 amide bonds. The summed E-state index contributed by atoms with van der Waals surface area (Å²) < 4.78 is 17.8. The summed E-state index contributed by atoms with van der Waals surface area (Å²) in [6, 6.07) is 3.36. The molecule has 0 aliphatic heterocycles. The molecule has 0 aliphatic rings. The van der Waals surface area contributed by atoms with Gasteiger partial charge in [-0.1, -0.05) is 5.16 Å². The second-order valence-electron chi connectivity index (χ2n) is 3.03. The minimum Gasteiger partial charge on any atom is -0.394 e. The predicted molar refractivity (Wildman–Crippen MR) is 53.0 cm³/mol. The quantitative estimate of drug-likeness (QED) is 0.620. The van der Waals surface area contributed by atoms with E-state index in [1.807, 2.05) is 0 Å². The predicted octanol–water partition coefficient (Wildman–Crippen LogP) is 1.97. The van der Waals surface area contributed by atoms with Crippen LogP contribution in [0.1, 0.15) is 0 Å². The number of hydrogen-bond donors (Lipinski definition) is 1. The van der Waals surface area contributed by atoms with E-state index in [4.69, 9.17) is 10.3 Å². The first kappa shape index (κ1) is 10.1. The minimum absolute atomic E-state index is 0.183. The van der Waals surface area contributed by atoms with Gasteiger partial charge in [0.2, 0.25) is 5.82 Å². The molecule has 0 fully saturated rings. The lowest BCUT2D eigenvalue weighted by atomic mass is 10.1. The fraction of sp³-hybridized carbons (Fsp3) is 0. The zero-order valence-electron chi connectivity index (χ0n) is 7.88. The van der Waals surface area contributed by atoms with Crippen molar-refractivity contribution in [3.05, 3.63) is 40.3 Å². The molecule has 82 valence electrons. The molecule has 6 nitrogen and oxygen atoms in total. The molecule has 0 radical (unpaired) electrons. The van der Waals surface area contributed by atoms with Crippen LogP contribution in [-0.2, 0) is 0 Å². The Labute approximate surface area is 88.6 Å². The highest BCUT2D eigenvalue weighted by Gasteiger charge is 2.17. The summed E-state index contributed by atoms with van der Waals surface area (Å²) >= 11 is 0. The lowest BCUT2D eigenvalue weighted by molar-refractivity contribution is -0.387. The Balaban J connectivity index is 2.56. The Bertz CT molecular complexity index is 553. The molecule has 1 aromatic carbocycles. The second-order valence-corrected chi connectivity index (χ2v) is 3.03. The zero-order chi connectivity index (χ0) is 11.7. The standard InChI is InChI=1S/C9H6FN3O3/c10-6-2-1-5(3-8(6)13(14)15)9-7(11)4-12-16-9/h1-4H,11H2. The van der Waals surface area contributed by atoms with E-state index >= 15 is 0 Å². The molecule has 0 unspecified atom stereocenters. The number of aromatic nitrogens is 1. The number of nitrogens with zero attached hydrogens (tertiary/aromatic N) is 2. The van der Waals surface area contributed by atoms with Crippen LogP contribution in [0.15, 0.2) is 28.9 Å². The molecule has 0 saturated carbocycles. The molecular formula is C9H6FN3O3. The Hall–Kier alpha value is -2.44. The van der Waals surface area contributed by atoms with Crippen LogP contribution in [0.25, 0.3) is 11.3 Å². The first-order valence-corrected chi connectivity index (χ1v) is 4.24. The lowest BCUT2D eigenvalue weighted by Gasteiger charge is -1.98. The highest BCUT2D eigenvalue weighted by atomic mass is 19.1. The smallest absolute Gasteiger partial charge is 0.305 e. The van der Waals surface area contributed by atoms with E-state index in [9.17, 15) is 14.5 Å². The van der Waals surface area contributed by atoms with E-state index < -0.39 is 16.4 Å². The van der Waals surface area contributed by atoms with Gasteiger partial charge in [-0.15, -0.1) is 0 Å². The third-order valence-electron chi connectivity index (χ3n) is 2.00. The molecule has 0 saturated heterocycles. The van der Waals surface area contributed by atoms with Crippen LogP contribution in [0, 0.1) is 15.9 Å². The third kappa shape index (κ3) is 1.58. The molecule has 2 rings (SSSR count). The summed E-state index contributed by atoms with van der Waals surface area (Å²) in [5.41, 5.74) is 5.43. The molecule has 2 N–H and O–H groups in total. The average molecular weight is 223 g/mol. The number of nitrogen functional groups attached to an aromatic ring is 1. The fourth-order valence-corrected chi connectivity index (χ4v) is 1.26. The summed E-state index contributed by atoms with van der Waals surface area (Å²) in [6.45, 7) is 0. The Morgan fingerprint density at radius 3 is 2.81 bits per heavy atom. The third-order valence-corrected chi connectivity index (χ3v) is 2.00. The highest BCUT2D eigenvalue weighted by molar-refractivity contribution is 5.71. The van der Waals surface area contributed by atoms with Gasteiger partial charge in [0, 0.05) is 11.6 Å². The van der Waals surface area contributed by atoms with E-state index in [0.29, 0.717) is 5.56 Å². The van der Waals surface area contributed by atoms with Gasteiger partial charge in [-0.25, -0.2) is 0 Å². The first-order chi connectivity index (χ1) is 7.59. The van der Waals surface area contributed by atoms with Crippen molar-refractivity contribution in [3.63, 3.8) is 0 Å². The van der Waals surface area contributed by atoms with Gasteiger partial charge in [-0.05, 0) is 12.1 Å².